The summed E-state index contributed by atoms with van der Waals surface area (Å²) in [4.78, 5) is 32.8. The maximum absolute atomic E-state index is 12.8. The highest BCUT2D eigenvalue weighted by Crippen LogP contribution is 2.19. The van der Waals surface area contributed by atoms with E-state index < -0.39 is 0 Å². The number of amides is 2. The average molecular weight is 433 g/mol. The van der Waals surface area contributed by atoms with Crippen molar-refractivity contribution in [2.75, 3.05) is 53.0 Å². The summed E-state index contributed by atoms with van der Waals surface area (Å²) in [5.74, 6) is 0.813. The maximum Gasteiger partial charge on any atom is 0.253 e. The molecule has 2 N–H and O–H groups in total. The normalized spacial score (nSPS) is 14.6. The van der Waals surface area contributed by atoms with Crippen molar-refractivity contribution in [3.05, 3.63) is 41.7 Å². The first-order chi connectivity index (χ1) is 14.7. The highest BCUT2D eigenvalue weighted by atomic mass is 32.2. The molecule has 2 amide bonds. The number of carbonyl (C=O) groups is 2. The molecule has 10 heteroatoms. The maximum atomic E-state index is 12.8. The molecule has 0 spiro atoms. The summed E-state index contributed by atoms with van der Waals surface area (Å²) < 4.78 is 4.97. The van der Waals surface area contributed by atoms with Gasteiger partial charge in [0, 0.05) is 57.8 Å². The summed E-state index contributed by atoms with van der Waals surface area (Å²) in [6, 6.07) is 7.69. The number of nitrogens with one attached hydrogen (secondary N) is 2. The van der Waals surface area contributed by atoms with Crippen LogP contribution in [0, 0.1) is 0 Å². The molecule has 1 aliphatic rings. The summed E-state index contributed by atoms with van der Waals surface area (Å²) in [6.45, 7) is 4.27. The molecule has 1 aromatic heterocycles. The van der Waals surface area contributed by atoms with Crippen LogP contribution in [0.2, 0.25) is 0 Å². The van der Waals surface area contributed by atoms with Crippen LogP contribution < -0.4 is 5.32 Å². The predicted octanol–water partition coefficient (Wildman–Crippen LogP) is 1.01. The summed E-state index contributed by atoms with van der Waals surface area (Å²) in [7, 11) is 1.65. The Morgan fingerprint density at radius 2 is 1.97 bits per heavy atom. The first kappa shape index (κ1) is 22.3. The Hall–Kier alpha value is -2.43. The van der Waals surface area contributed by atoms with E-state index in [2.05, 4.69) is 25.4 Å². The van der Waals surface area contributed by atoms with Crippen molar-refractivity contribution in [2.45, 2.75) is 17.3 Å². The molecular weight excluding hydrogens is 404 g/mol. The molecule has 1 fully saturated rings. The Balaban J connectivity index is 1.39. The smallest absolute Gasteiger partial charge is 0.253 e. The standard InChI is InChI=1S/C20H28N6O3S/c1-29-12-2-7-21-18(27)13-25-8-10-26(11-9-25)19(28)17-5-3-16(4-6-17)14-30-20-22-15-23-24-20/h3-6,15H,2,7-14H2,1H3,(H,21,27)(H,22,23,24). The van der Waals surface area contributed by atoms with Crippen LogP contribution in [0.1, 0.15) is 22.3 Å². The quantitative estimate of drug-likeness (QED) is 0.427. The molecule has 0 unspecified atom stereocenters. The largest absolute Gasteiger partial charge is 0.385 e. The van der Waals surface area contributed by atoms with Gasteiger partial charge in [-0.25, -0.2) is 4.98 Å². The Morgan fingerprint density at radius 1 is 1.20 bits per heavy atom. The molecule has 162 valence electrons. The number of rotatable bonds is 10. The summed E-state index contributed by atoms with van der Waals surface area (Å²) in [6.07, 6.45) is 2.29. The van der Waals surface area contributed by atoms with E-state index in [9.17, 15) is 9.59 Å². The number of hydrogen-bond donors (Lipinski definition) is 2. The Labute approximate surface area is 180 Å². The number of hydrogen-bond acceptors (Lipinski definition) is 7. The number of aromatic nitrogens is 3. The number of H-pyrrole nitrogens is 1. The van der Waals surface area contributed by atoms with Crippen molar-refractivity contribution in [2.24, 2.45) is 0 Å². The Morgan fingerprint density at radius 3 is 2.63 bits per heavy atom. The number of carbonyl (C=O) groups excluding carboxylic acids is 2. The van der Waals surface area contributed by atoms with Crippen molar-refractivity contribution < 1.29 is 14.3 Å². The fraction of sp³-hybridized carbons (Fsp3) is 0.500. The number of methoxy groups -OCH3 is 1. The van der Waals surface area contributed by atoms with Gasteiger partial charge in [0.1, 0.15) is 6.33 Å². The third-order valence-electron chi connectivity index (χ3n) is 4.84. The third-order valence-corrected chi connectivity index (χ3v) is 5.79. The molecule has 0 bridgehead atoms. The van der Waals surface area contributed by atoms with Gasteiger partial charge >= 0.3 is 0 Å². The van der Waals surface area contributed by atoms with E-state index in [1.807, 2.05) is 29.2 Å². The second-order valence-corrected chi connectivity index (χ2v) is 8.00. The molecule has 2 aromatic rings. The zero-order chi connectivity index (χ0) is 21.2. The van der Waals surface area contributed by atoms with Gasteiger partial charge in [0.15, 0.2) is 5.16 Å². The van der Waals surface area contributed by atoms with Crippen LogP contribution in [0.4, 0.5) is 0 Å². The van der Waals surface area contributed by atoms with Crippen LogP contribution in [-0.4, -0.2) is 89.8 Å². The Bertz CT molecular complexity index is 791. The molecule has 0 radical (unpaired) electrons. The van der Waals surface area contributed by atoms with Crippen molar-refractivity contribution in [1.82, 2.24) is 30.3 Å². The molecule has 1 aliphatic heterocycles. The molecule has 0 atom stereocenters. The van der Waals surface area contributed by atoms with Crippen molar-refractivity contribution in [3.63, 3.8) is 0 Å². The zero-order valence-electron chi connectivity index (χ0n) is 17.2. The lowest BCUT2D eigenvalue weighted by Crippen LogP contribution is -2.51. The molecule has 1 saturated heterocycles. The van der Waals surface area contributed by atoms with Gasteiger partial charge in [-0.2, -0.15) is 5.10 Å². The predicted molar refractivity (Wildman–Crippen MR) is 114 cm³/mol. The lowest BCUT2D eigenvalue weighted by atomic mass is 10.1. The van der Waals surface area contributed by atoms with Gasteiger partial charge < -0.3 is 15.0 Å². The Kier molecular flexibility index (Phi) is 8.66. The van der Waals surface area contributed by atoms with Gasteiger partial charge in [0.2, 0.25) is 5.91 Å². The first-order valence-corrected chi connectivity index (χ1v) is 11.0. The highest BCUT2D eigenvalue weighted by Gasteiger charge is 2.23. The van der Waals surface area contributed by atoms with Gasteiger partial charge in [0.05, 0.1) is 6.54 Å². The monoisotopic (exact) mass is 432 g/mol. The van der Waals surface area contributed by atoms with Gasteiger partial charge in [-0.1, -0.05) is 23.9 Å². The zero-order valence-corrected chi connectivity index (χ0v) is 18.0. The van der Waals surface area contributed by atoms with E-state index in [-0.39, 0.29) is 11.8 Å². The summed E-state index contributed by atoms with van der Waals surface area (Å²) >= 11 is 1.57. The van der Waals surface area contributed by atoms with Crippen molar-refractivity contribution >= 4 is 23.6 Å². The van der Waals surface area contributed by atoms with E-state index in [4.69, 9.17) is 4.74 Å². The number of thioether (sulfide) groups is 1. The molecule has 30 heavy (non-hydrogen) atoms. The van der Waals surface area contributed by atoms with Crippen molar-refractivity contribution in [1.29, 1.82) is 0 Å². The van der Waals surface area contributed by atoms with E-state index in [0.717, 1.165) is 22.9 Å². The number of nitrogens with zero attached hydrogens (tertiary/aromatic N) is 4. The van der Waals surface area contributed by atoms with Gasteiger partial charge in [-0.05, 0) is 24.1 Å². The van der Waals surface area contributed by atoms with Crippen LogP contribution in [0.25, 0.3) is 0 Å². The van der Waals surface area contributed by atoms with Crippen LogP contribution in [-0.2, 0) is 15.3 Å². The second kappa shape index (κ2) is 11.7. The number of benzene rings is 1. The minimum absolute atomic E-state index is 0.0182. The number of ether oxygens (including phenoxy) is 1. The summed E-state index contributed by atoms with van der Waals surface area (Å²) in [5.41, 5.74) is 1.81. The number of piperazine rings is 1. The third kappa shape index (κ3) is 6.82. The molecule has 9 nitrogen and oxygen atoms in total. The number of aromatic amines is 1. The molecule has 1 aromatic carbocycles. The highest BCUT2D eigenvalue weighted by molar-refractivity contribution is 7.98. The van der Waals surface area contributed by atoms with Gasteiger partial charge in [-0.3, -0.25) is 19.6 Å². The fourth-order valence-electron chi connectivity index (χ4n) is 3.15. The van der Waals surface area contributed by atoms with E-state index in [0.29, 0.717) is 51.4 Å². The molecule has 0 aliphatic carbocycles. The molecule has 0 saturated carbocycles. The van der Waals surface area contributed by atoms with Crippen LogP contribution in [0.3, 0.4) is 0 Å². The van der Waals surface area contributed by atoms with E-state index in [1.165, 1.54) is 6.33 Å². The molecule has 3 rings (SSSR count). The van der Waals surface area contributed by atoms with E-state index in [1.54, 1.807) is 18.9 Å². The topological polar surface area (TPSA) is 103 Å². The lowest BCUT2D eigenvalue weighted by Gasteiger charge is -2.34. The lowest BCUT2D eigenvalue weighted by molar-refractivity contribution is -0.122. The fourth-order valence-corrected chi connectivity index (χ4v) is 3.89. The van der Waals surface area contributed by atoms with Gasteiger partial charge in [0.25, 0.3) is 5.91 Å². The van der Waals surface area contributed by atoms with Crippen molar-refractivity contribution in [3.8, 4) is 0 Å². The molecular formula is C20H28N6O3S. The second-order valence-electron chi connectivity index (χ2n) is 7.04. The van der Waals surface area contributed by atoms with Crippen LogP contribution in [0.15, 0.2) is 35.7 Å². The van der Waals surface area contributed by atoms with Crippen LogP contribution in [0.5, 0.6) is 0 Å². The van der Waals surface area contributed by atoms with E-state index >= 15 is 0 Å². The minimum atomic E-state index is 0.0182. The average Bonchev–Trinajstić information content (AvgIpc) is 3.29. The SMILES string of the molecule is COCCCNC(=O)CN1CCN(C(=O)c2ccc(CSc3ncn[nH]3)cc2)CC1. The van der Waals surface area contributed by atoms with Crippen LogP contribution >= 0.6 is 11.8 Å². The first-order valence-electron chi connectivity index (χ1n) is 10.00. The molecule has 2 heterocycles. The summed E-state index contributed by atoms with van der Waals surface area (Å²) in [5, 5.41) is 10.3. The van der Waals surface area contributed by atoms with Gasteiger partial charge in [-0.15, -0.1) is 0 Å². The minimum Gasteiger partial charge on any atom is -0.385 e.